The summed E-state index contributed by atoms with van der Waals surface area (Å²) in [6.07, 6.45) is -0.329. The first-order chi connectivity index (χ1) is 9.70. The van der Waals surface area contributed by atoms with E-state index in [9.17, 15) is 5.11 Å². The minimum absolute atomic E-state index is 0.0996. The van der Waals surface area contributed by atoms with Gasteiger partial charge in [-0.25, -0.2) is 0 Å². The molecule has 1 aromatic rings. The predicted octanol–water partition coefficient (Wildman–Crippen LogP) is 1.62. The third kappa shape index (κ3) is 4.53. The van der Waals surface area contributed by atoms with Crippen LogP contribution in [0.4, 0.5) is 0 Å². The van der Waals surface area contributed by atoms with Gasteiger partial charge in [0.05, 0.1) is 24.9 Å². The maximum Gasteiger partial charge on any atom is 0.0644 e. The van der Waals surface area contributed by atoms with Crippen LogP contribution in [0.15, 0.2) is 0 Å². The van der Waals surface area contributed by atoms with Crippen molar-refractivity contribution >= 4 is 0 Å². The van der Waals surface area contributed by atoms with Crippen molar-refractivity contribution in [2.24, 2.45) is 11.3 Å². The van der Waals surface area contributed by atoms with E-state index in [4.69, 9.17) is 5.11 Å². The molecule has 0 fully saturated rings. The smallest absolute Gasteiger partial charge is 0.0644 e. The number of aliphatic hydroxyl groups excluding tert-OH is 2. The number of nitrogens with one attached hydrogen (secondary N) is 1. The van der Waals surface area contributed by atoms with Crippen LogP contribution in [0.1, 0.15) is 44.6 Å². The average Bonchev–Trinajstić information content (AvgIpc) is 2.65. The normalized spacial score (nSPS) is 14.0. The van der Waals surface area contributed by atoms with E-state index < -0.39 is 0 Å². The molecule has 0 radical (unpaired) electrons. The molecule has 0 amide bonds. The Bertz CT molecular complexity index is 453. The summed E-state index contributed by atoms with van der Waals surface area (Å²) in [5, 5.41) is 27.2. The Labute approximate surface area is 128 Å². The predicted molar refractivity (Wildman–Crippen MR) is 85.1 cm³/mol. The van der Waals surface area contributed by atoms with Gasteiger partial charge in [-0.2, -0.15) is 5.10 Å². The zero-order valence-corrected chi connectivity index (χ0v) is 14.3. The van der Waals surface area contributed by atoms with Crippen molar-refractivity contribution in [2.75, 3.05) is 13.2 Å². The number of aliphatic hydroxyl groups is 2. The van der Waals surface area contributed by atoms with Crippen LogP contribution in [0.3, 0.4) is 0 Å². The summed E-state index contributed by atoms with van der Waals surface area (Å²) in [6, 6.07) is 0. The molecule has 5 heteroatoms. The van der Waals surface area contributed by atoms with Gasteiger partial charge >= 0.3 is 0 Å². The molecule has 1 heterocycles. The third-order valence-corrected chi connectivity index (χ3v) is 4.16. The minimum Gasteiger partial charge on any atom is -0.394 e. The molecule has 122 valence electrons. The first kappa shape index (κ1) is 18.1. The molecule has 0 aliphatic carbocycles. The molecule has 1 unspecified atom stereocenters. The summed E-state index contributed by atoms with van der Waals surface area (Å²) in [5.74, 6) is 0.248. The Hall–Kier alpha value is -0.910. The Morgan fingerprint density at radius 3 is 2.43 bits per heavy atom. The van der Waals surface area contributed by atoms with Gasteiger partial charge in [-0.05, 0) is 19.8 Å². The van der Waals surface area contributed by atoms with E-state index in [0.717, 1.165) is 24.5 Å². The minimum atomic E-state index is -0.329. The molecule has 0 aromatic carbocycles. The van der Waals surface area contributed by atoms with Gasteiger partial charge in [0.1, 0.15) is 0 Å². The van der Waals surface area contributed by atoms with E-state index in [1.54, 1.807) is 0 Å². The molecule has 0 bridgehead atoms. The van der Waals surface area contributed by atoms with Crippen LogP contribution >= 0.6 is 0 Å². The van der Waals surface area contributed by atoms with Crippen LogP contribution < -0.4 is 5.32 Å². The van der Waals surface area contributed by atoms with Gasteiger partial charge in [-0.15, -0.1) is 0 Å². The monoisotopic (exact) mass is 297 g/mol. The van der Waals surface area contributed by atoms with Crippen molar-refractivity contribution in [2.45, 2.75) is 60.7 Å². The fourth-order valence-electron chi connectivity index (χ4n) is 2.82. The average molecular weight is 297 g/mol. The second-order valence-electron chi connectivity index (χ2n) is 6.88. The van der Waals surface area contributed by atoms with Gasteiger partial charge in [-0.3, -0.25) is 4.68 Å². The van der Waals surface area contributed by atoms with Gasteiger partial charge < -0.3 is 15.5 Å². The fraction of sp³-hybridized carbons (Fsp3) is 0.812. The van der Waals surface area contributed by atoms with Crippen molar-refractivity contribution in [3.8, 4) is 0 Å². The first-order valence-corrected chi connectivity index (χ1v) is 7.73. The Kier molecular flexibility index (Phi) is 6.38. The van der Waals surface area contributed by atoms with Crippen LogP contribution in [0, 0.1) is 25.2 Å². The van der Waals surface area contributed by atoms with E-state index >= 15 is 0 Å². The summed E-state index contributed by atoms with van der Waals surface area (Å²) in [5.41, 5.74) is 3.10. The second kappa shape index (κ2) is 7.38. The quantitative estimate of drug-likeness (QED) is 0.682. The number of aromatic nitrogens is 2. The molecular weight excluding hydrogens is 266 g/mol. The lowest BCUT2D eigenvalue weighted by molar-refractivity contribution is 0.0134. The van der Waals surface area contributed by atoms with Gasteiger partial charge in [0, 0.05) is 29.8 Å². The van der Waals surface area contributed by atoms with Crippen molar-refractivity contribution in [3.05, 3.63) is 17.0 Å². The molecule has 1 atom stereocenters. The summed E-state index contributed by atoms with van der Waals surface area (Å²) in [7, 11) is 0. The Morgan fingerprint density at radius 1 is 1.29 bits per heavy atom. The largest absolute Gasteiger partial charge is 0.394 e. The number of hydrogen-bond donors (Lipinski definition) is 3. The molecule has 0 saturated heterocycles. The highest BCUT2D eigenvalue weighted by atomic mass is 16.3. The lowest BCUT2D eigenvalue weighted by atomic mass is 9.80. The topological polar surface area (TPSA) is 70.3 Å². The van der Waals surface area contributed by atoms with E-state index in [-0.39, 0.29) is 24.0 Å². The molecule has 21 heavy (non-hydrogen) atoms. The lowest BCUT2D eigenvalue weighted by Crippen LogP contribution is -2.41. The molecule has 0 spiro atoms. The zero-order valence-electron chi connectivity index (χ0n) is 14.3. The Morgan fingerprint density at radius 2 is 1.90 bits per heavy atom. The van der Waals surface area contributed by atoms with Crippen molar-refractivity contribution in [1.29, 1.82) is 0 Å². The summed E-state index contributed by atoms with van der Waals surface area (Å²) in [4.78, 5) is 0. The zero-order chi connectivity index (χ0) is 16.2. The molecule has 1 aromatic heterocycles. The van der Waals surface area contributed by atoms with Gasteiger partial charge in [0.2, 0.25) is 0 Å². The van der Waals surface area contributed by atoms with Crippen LogP contribution in [-0.2, 0) is 13.1 Å². The SMILES string of the molecule is Cc1nn(CCO)c(C)c1CNCC(C)(C)C(O)C(C)C. The highest BCUT2D eigenvalue weighted by molar-refractivity contribution is 5.24. The Balaban J connectivity index is 2.64. The van der Waals surface area contributed by atoms with Crippen LogP contribution in [0.25, 0.3) is 0 Å². The maximum atomic E-state index is 10.3. The number of nitrogens with zero attached hydrogens (tertiary/aromatic N) is 2. The van der Waals surface area contributed by atoms with E-state index in [2.05, 4.69) is 24.3 Å². The number of rotatable bonds is 8. The standard InChI is InChI=1S/C16H31N3O2/c1-11(2)15(21)16(5,6)10-17-9-14-12(3)18-19(7-8-20)13(14)4/h11,15,17,20-21H,7-10H2,1-6H3. The van der Waals surface area contributed by atoms with Gasteiger partial charge in [0.15, 0.2) is 0 Å². The van der Waals surface area contributed by atoms with Gasteiger partial charge in [-0.1, -0.05) is 27.7 Å². The van der Waals surface area contributed by atoms with Crippen LogP contribution in [-0.4, -0.2) is 39.2 Å². The van der Waals surface area contributed by atoms with Crippen LogP contribution in [0.5, 0.6) is 0 Å². The third-order valence-electron chi connectivity index (χ3n) is 4.16. The van der Waals surface area contributed by atoms with Crippen molar-refractivity contribution in [3.63, 3.8) is 0 Å². The number of hydrogen-bond acceptors (Lipinski definition) is 4. The highest BCUT2D eigenvalue weighted by Gasteiger charge is 2.29. The molecule has 0 aliphatic heterocycles. The van der Waals surface area contributed by atoms with E-state index in [0.29, 0.717) is 6.54 Å². The first-order valence-electron chi connectivity index (χ1n) is 7.73. The second-order valence-corrected chi connectivity index (χ2v) is 6.88. The molecule has 3 N–H and O–H groups in total. The molecule has 0 aliphatic rings. The summed E-state index contributed by atoms with van der Waals surface area (Å²) in [6.45, 7) is 14.4. The van der Waals surface area contributed by atoms with Crippen LogP contribution in [0.2, 0.25) is 0 Å². The summed E-state index contributed by atoms with van der Waals surface area (Å²) >= 11 is 0. The fourth-order valence-corrected chi connectivity index (χ4v) is 2.82. The maximum absolute atomic E-state index is 10.3. The molecule has 5 nitrogen and oxygen atoms in total. The van der Waals surface area contributed by atoms with Crippen molar-refractivity contribution in [1.82, 2.24) is 15.1 Å². The summed E-state index contributed by atoms with van der Waals surface area (Å²) < 4.78 is 1.85. The lowest BCUT2D eigenvalue weighted by Gasteiger charge is -2.33. The van der Waals surface area contributed by atoms with E-state index in [1.165, 1.54) is 5.56 Å². The highest BCUT2D eigenvalue weighted by Crippen LogP contribution is 2.25. The molecule has 0 saturated carbocycles. The van der Waals surface area contributed by atoms with E-state index in [1.807, 2.05) is 32.4 Å². The number of aryl methyl sites for hydroxylation is 1. The molecular formula is C16H31N3O2. The van der Waals surface area contributed by atoms with Crippen molar-refractivity contribution < 1.29 is 10.2 Å². The van der Waals surface area contributed by atoms with Gasteiger partial charge in [0.25, 0.3) is 0 Å². The molecule has 1 rings (SSSR count).